The van der Waals surface area contributed by atoms with E-state index in [4.69, 9.17) is 10.8 Å². The zero-order chi connectivity index (χ0) is 13.4. The molecule has 2 atom stereocenters. The normalized spacial score (nSPS) is 37.3. The van der Waals surface area contributed by atoms with Crippen molar-refractivity contribution in [3.8, 4) is 0 Å². The number of carboxylic acid groups (broad SMARTS) is 1. The zero-order valence-corrected chi connectivity index (χ0v) is 11.2. The third-order valence-corrected chi connectivity index (χ3v) is 5.77. The van der Waals surface area contributed by atoms with Crippen molar-refractivity contribution >= 4 is 15.8 Å². The van der Waals surface area contributed by atoms with Gasteiger partial charge in [0.1, 0.15) is 5.54 Å². The van der Waals surface area contributed by atoms with E-state index < -0.39 is 21.3 Å². The second-order valence-electron chi connectivity index (χ2n) is 5.40. The molecular weight excluding hydrogens is 256 g/mol. The molecule has 2 rings (SSSR count). The van der Waals surface area contributed by atoms with Crippen LogP contribution in [0.1, 0.15) is 25.7 Å². The van der Waals surface area contributed by atoms with Gasteiger partial charge in [0.25, 0.3) is 0 Å². The Morgan fingerprint density at radius 3 is 2.67 bits per heavy atom. The lowest BCUT2D eigenvalue weighted by Gasteiger charge is -2.27. The largest absolute Gasteiger partial charge is 0.480 e. The van der Waals surface area contributed by atoms with Crippen LogP contribution < -0.4 is 5.73 Å². The van der Waals surface area contributed by atoms with Crippen LogP contribution >= 0.6 is 0 Å². The summed E-state index contributed by atoms with van der Waals surface area (Å²) >= 11 is 0. The lowest BCUT2D eigenvalue weighted by Crippen LogP contribution is -2.47. The lowest BCUT2D eigenvalue weighted by molar-refractivity contribution is -0.143. The van der Waals surface area contributed by atoms with E-state index in [1.54, 1.807) is 0 Å². The van der Waals surface area contributed by atoms with Crippen molar-refractivity contribution in [2.24, 2.45) is 5.73 Å². The van der Waals surface area contributed by atoms with E-state index in [9.17, 15) is 13.2 Å². The maximum Gasteiger partial charge on any atom is 0.323 e. The summed E-state index contributed by atoms with van der Waals surface area (Å²) in [6.45, 7) is 1.22. The minimum atomic E-state index is -2.92. The van der Waals surface area contributed by atoms with Gasteiger partial charge in [0.2, 0.25) is 0 Å². The van der Waals surface area contributed by atoms with Gasteiger partial charge >= 0.3 is 5.97 Å². The number of carbonyl (C=O) groups is 1. The molecule has 2 unspecified atom stereocenters. The van der Waals surface area contributed by atoms with Gasteiger partial charge in [-0.05, 0) is 32.2 Å². The van der Waals surface area contributed by atoms with E-state index in [0.717, 1.165) is 13.0 Å². The molecule has 0 bridgehead atoms. The minimum Gasteiger partial charge on any atom is -0.480 e. The number of carboxylic acids is 1. The van der Waals surface area contributed by atoms with Gasteiger partial charge in [-0.15, -0.1) is 0 Å². The second kappa shape index (κ2) is 4.79. The summed E-state index contributed by atoms with van der Waals surface area (Å²) < 4.78 is 23.0. The van der Waals surface area contributed by atoms with Crippen molar-refractivity contribution in [3.63, 3.8) is 0 Å². The van der Waals surface area contributed by atoms with Crippen LogP contribution in [-0.4, -0.2) is 60.6 Å². The van der Waals surface area contributed by atoms with Gasteiger partial charge in [-0.2, -0.15) is 0 Å². The molecule has 2 aliphatic rings. The summed E-state index contributed by atoms with van der Waals surface area (Å²) in [4.78, 5) is 13.2. The zero-order valence-electron chi connectivity index (χ0n) is 10.3. The van der Waals surface area contributed by atoms with Crippen molar-refractivity contribution < 1.29 is 18.3 Å². The van der Waals surface area contributed by atoms with Crippen LogP contribution in [0.15, 0.2) is 0 Å². The Labute approximate surface area is 107 Å². The molecule has 6 nitrogen and oxygen atoms in total. The lowest BCUT2D eigenvalue weighted by atomic mass is 9.99. The van der Waals surface area contributed by atoms with Crippen molar-refractivity contribution in [3.05, 3.63) is 0 Å². The minimum absolute atomic E-state index is 0.111. The maximum absolute atomic E-state index is 11.5. The molecule has 0 spiro atoms. The SMILES string of the molecule is NC1(C(=O)O)CCC(N2CCCS(=O)(=O)CC2)C1. The van der Waals surface area contributed by atoms with Crippen molar-refractivity contribution in [1.82, 2.24) is 4.90 Å². The van der Waals surface area contributed by atoms with Crippen molar-refractivity contribution in [2.75, 3.05) is 24.6 Å². The summed E-state index contributed by atoms with van der Waals surface area (Å²) in [5.74, 6) is -0.538. The first-order valence-corrected chi connectivity index (χ1v) is 8.11. The quantitative estimate of drug-likeness (QED) is 0.701. The molecule has 0 aromatic rings. The Balaban J connectivity index is 2.00. The molecule has 1 saturated heterocycles. The molecule has 0 amide bonds. The number of hydrogen-bond acceptors (Lipinski definition) is 5. The first kappa shape index (κ1) is 13.8. The number of sulfone groups is 1. The predicted octanol–water partition coefficient (Wildman–Crippen LogP) is -0.558. The summed E-state index contributed by atoms with van der Waals surface area (Å²) in [7, 11) is -2.92. The topological polar surface area (TPSA) is 101 Å². The molecular formula is C11H20N2O4S. The monoisotopic (exact) mass is 276 g/mol. The first-order chi connectivity index (χ1) is 8.32. The fraction of sp³-hybridized carbons (Fsp3) is 0.909. The highest BCUT2D eigenvalue weighted by atomic mass is 32.2. The van der Waals surface area contributed by atoms with E-state index in [0.29, 0.717) is 25.8 Å². The summed E-state index contributed by atoms with van der Waals surface area (Å²) in [6.07, 6.45) is 2.25. The smallest absolute Gasteiger partial charge is 0.323 e. The van der Waals surface area contributed by atoms with Crippen LogP contribution in [-0.2, 0) is 14.6 Å². The first-order valence-electron chi connectivity index (χ1n) is 6.29. The molecule has 0 aromatic heterocycles. The van der Waals surface area contributed by atoms with Gasteiger partial charge in [0, 0.05) is 12.6 Å². The van der Waals surface area contributed by atoms with Crippen LogP contribution in [0.3, 0.4) is 0 Å². The number of nitrogens with zero attached hydrogens (tertiary/aromatic N) is 1. The Hall–Kier alpha value is -0.660. The Bertz CT molecular complexity index is 436. The van der Waals surface area contributed by atoms with Gasteiger partial charge in [-0.1, -0.05) is 0 Å². The van der Waals surface area contributed by atoms with E-state index in [1.165, 1.54) is 0 Å². The molecule has 0 radical (unpaired) electrons. The predicted molar refractivity (Wildman–Crippen MR) is 67.0 cm³/mol. The molecule has 104 valence electrons. The van der Waals surface area contributed by atoms with Gasteiger partial charge in [0.15, 0.2) is 9.84 Å². The fourth-order valence-corrected chi connectivity index (χ4v) is 4.16. The summed E-state index contributed by atoms with van der Waals surface area (Å²) in [5, 5.41) is 9.09. The van der Waals surface area contributed by atoms with Crippen molar-refractivity contribution in [1.29, 1.82) is 0 Å². The molecule has 3 N–H and O–H groups in total. The summed E-state index contributed by atoms with van der Waals surface area (Å²) in [5.41, 5.74) is 4.72. The highest BCUT2D eigenvalue weighted by Gasteiger charge is 2.44. The molecule has 1 heterocycles. The molecule has 1 aliphatic carbocycles. The highest BCUT2D eigenvalue weighted by molar-refractivity contribution is 7.91. The van der Waals surface area contributed by atoms with Crippen molar-refractivity contribution in [2.45, 2.75) is 37.3 Å². The Morgan fingerprint density at radius 2 is 2.06 bits per heavy atom. The molecule has 1 saturated carbocycles. The molecule has 7 heteroatoms. The molecule has 18 heavy (non-hydrogen) atoms. The van der Waals surface area contributed by atoms with Crippen LogP contribution in [0.4, 0.5) is 0 Å². The van der Waals surface area contributed by atoms with Gasteiger partial charge < -0.3 is 10.8 Å². The van der Waals surface area contributed by atoms with E-state index >= 15 is 0 Å². The van der Waals surface area contributed by atoms with Crippen LogP contribution in [0.2, 0.25) is 0 Å². The van der Waals surface area contributed by atoms with E-state index in [2.05, 4.69) is 4.90 Å². The van der Waals surface area contributed by atoms with Crippen LogP contribution in [0, 0.1) is 0 Å². The fourth-order valence-electron chi connectivity index (χ4n) is 2.88. The number of hydrogen-bond donors (Lipinski definition) is 2. The van der Waals surface area contributed by atoms with Crippen LogP contribution in [0.5, 0.6) is 0 Å². The van der Waals surface area contributed by atoms with Gasteiger partial charge in [0.05, 0.1) is 11.5 Å². The average molecular weight is 276 g/mol. The molecule has 1 aliphatic heterocycles. The van der Waals surface area contributed by atoms with Crippen LogP contribution in [0.25, 0.3) is 0 Å². The Kier molecular flexibility index (Phi) is 3.66. The third kappa shape index (κ3) is 2.84. The summed E-state index contributed by atoms with van der Waals surface area (Å²) in [6, 6.07) is 0.111. The molecule has 2 fully saturated rings. The number of aliphatic carboxylic acids is 1. The second-order valence-corrected chi connectivity index (χ2v) is 7.70. The third-order valence-electron chi connectivity index (χ3n) is 4.06. The van der Waals surface area contributed by atoms with E-state index in [-0.39, 0.29) is 17.5 Å². The Morgan fingerprint density at radius 1 is 1.33 bits per heavy atom. The maximum atomic E-state index is 11.5. The standard InChI is InChI=1S/C11H20N2O4S/c12-11(10(14)15)3-2-9(8-11)13-4-1-6-18(16,17)7-5-13/h9H,1-8,12H2,(H,14,15). The highest BCUT2D eigenvalue weighted by Crippen LogP contribution is 2.32. The average Bonchev–Trinajstić information content (AvgIpc) is 2.58. The van der Waals surface area contributed by atoms with Gasteiger partial charge in [-0.3, -0.25) is 9.69 Å². The molecule has 0 aromatic carbocycles. The van der Waals surface area contributed by atoms with Gasteiger partial charge in [-0.25, -0.2) is 8.42 Å². The number of nitrogens with two attached hydrogens (primary N) is 1. The van der Waals surface area contributed by atoms with E-state index in [1.807, 2.05) is 0 Å². The number of rotatable bonds is 2.